The van der Waals surface area contributed by atoms with Gasteiger partial charge in [-0.15, -0.1) is 0 Å². The number of carbonyl (C=O) groups excluding carboxylic acids is 1. The highest BCUT2D eigenvalue weighted by Gasteiger charge is 2.25. The molecule has 2 rings (SSSR count). The summed E-state index contributed by atoms with van der Waals surface area (Å²) in [6.45, 7) is 0.899. The van der Waals surface area contributed by atoms with Gasteiger partial charge in [0.15, 0.2) is 0 Å². The quantitative estimate of drug-likeness (QED) is 0.750. The molecule has 1 aliphatic carbocycles. The zero-order valence-corrected chi connectivity index (χ0v) is 12.0. The molecule has 1 aromatic carbocycles. The first-order valence-corrected chi connectivity index (χ1v) is 7.43. The Morgan fingerprint density at radius 2 is 1.76 bits per heavy atom. The summed E-state index contributed by atoms with van der Waals surface area (Å²) >= 11 is 0. The van der Waals surface area contributed by atoms with Crippen molar-refractivity contribution >= 4 is 17.6 Å². The lowest BCUT2D eigenvalue weighted by Crippen LogP contribution is -2.35. The Labute approximate surface area is 124 Å². The van der Waals surface area contributed by atoms with Crippen LogP contribution >= 0.6 is 0 Å². The topological polar surface area (TPSA) is 78.4 Å². The van der Waals surface area contributed by atoms with Crippen LogP contribution in [0.5, 0.6) is 0 Å². The van der Waals surface area contributed by atoms with Crippen molar-refractivity contribution in [2.75, 3.05) is 18.4 Å². The van der Waals surface area contributed by atoms with Crippen molar-refractivity contribution in [1.82, 2.24) is 5.32 Å². The van der Waals surface area contributed by atoms with E-state index in [-0.39, 0.29) is 18.4 Å². The van der Waals surface area contributed by atoms with Gasteiger partial charge in [-0.05, 0) is 43.7 Å². The van der Waals surface area contributed by atoms with Gasteiger partial charge >= 0.3 is 5.97 Å². The number of carbonyl (C=O) groups is 2. The second-order valence-corrected chi connectivity index (χ2v) is 5.58. The minimum Gasteiger partial charge on any atom is -0.481 e. The molecule has 0 aliphatic heterocycles. The van der Waals surface area contributed by atoms with Crippen LogP contribution in [-0.4, -0.2) is 30.1 Å². The standard InChI is InChI=1S/C16H22N2O3/c19-15(11-17-14-4-2-1-3-5-14)18-10-12-6-8-13(9-7-12)16(20)21/h1-5,12-13,17H,6-11H2,(H,18,19)(H,20,21). The Morgan fingerprint density at radius 1 is 1.10 bits per heavy atom. The summed E-state index contributed by atoms with van der Waals surface area (Å²) in [6, 6.07) is 9.60. The molecule has 0 saturated heterocycles. The monoisotopic (exact) mass is 290 g/mol. The van der Waals surface area contributed by atoms with Crippen LogP contribution < -0.4 is 10.6 Å². The van der Waals surface area contributed by atoms with E-state index in [4.69, 9.17) is 5.11 Å². The minimum absolute atomic E-state index is 0.0285. The smallest absolute Gasteiger partial charge is 0.306 e. The molecule has 114 valence electrons. The molecule has 0 aromatic heterocycles. The second-order valence-electron chi connectivity index (χ2n) is 5.58. The van der Waals surface area contributed by atoms with E-state index in [1.807, 2.05) is 30.3 Å². The van der Waals surface area contributed by atoms with Crippen molar-refractivity contribution in [2.45, 2.75) is 25.7 Å². The molecule has 0 bridgehead atoms. The molecule has 1 aromatic rings. The van der Waals surface area contributed by atoms with Gasteiger partial charge in [0, 0.05) is 12.2 Å². The Hall–Kier alpha value is -2.04. The van der Waals surface area contributed by atoms with Gasteiger partial charge in [-0.25, -0.2) is 0 Å². The van der Waals surface area contributed by atoms with Crippen molar-refractivity contribution in [3.8, 4) is 0 Å². The molecule has 1 amide bonds. The molecule has 1 fully saturated rings. The highest BCUT2D eigenvalue weighted by Crippen LogP contribution is 2.28. The van der Waals surface area contributed by atoms with Crippen molar-refractivity contribution < 1.29 is 14.7 Å². The van der Waals surface area contributed by atoms with Gasteiger partial charge in [0.25, 0.3) is 0 Å². The van der Waals surface area contributed by atoms with Crippen LogP contribution in [0.1, 0.15) is 25.7 Å². The molecule has 5 heteroatoms. The van der Waals surface area contributed by atoms with Gasteiger partial charge in [-0.2, -0.15) is 0 Å². The summed E-state index contributed by atoms with van der Waals surface area (Å²) in [4.78, 5) is 22.6. The molecule has 0 heterocycles. The first kappa shape index (κ1) is 15.4. The molecule has 0 radical (unpaired) electrons. The van der Waals surface area contributed by atoms with E-state index >= 15 is 0 Å². The van der Waals surface area contributed by atoms with Gasteiger partial charge in [-0.1, -0.05) is 18.2 Å². The zero-order valence-electron chi connectivity index (χ0n) is 12.0. The summed E-state index contributed by atoms with van der Waals surface area (Å²) in [7, 11) is 0. The summed E-state index contributed by atoms with van der Waals surface area (Å²) in [5, 5.41) is 14.9. The van der Waals surface area contributed by atoms with E-state index in [0.29, 0.717) is 12.5 Å². The number of aliphatic carboxylic acids is 1. The zero-order chi connectivity index (χ0) is 15.1. The minimum atomic E-state index is -0.690. The molecule has 5 nitrogen and oxygen atoms in total. The maximum atomic E-state index is 11.8. The Balaban J connectivity index is 1.62. The SMILES string of the molecule is O=C(CNc1ccccc1)NCC1CCC(C(=O)O)CC1. The van der Waals surface area contributed by atoms with Crippen LogP contribution in [0.4, 0.5) is 5.69 Å². The number of hydrogen-bond donors (Lipinski definition) is 3. The van der Waals surface area contributed by atoms with Gasteiger partial charge in [0.1, 0.15) is 0 Å². The van der Waals surface area contributed by atoms with Crippen LogP contribution in [0.3, 0.4) is 0 Å². The molecular formula is C16H22N2O3. The van der Waals surface area contributed by atoms with Gasteiger partial charge in [0.05, 0.1) is 12.5 Å². The molecule has 1 saturated carbocycles. The van der Waals surface area contributed by atoms with E-state index < -0.39 is 5.97 Å². The number of anilines is 1. The summed E-state index contributed by atoms with van der Waals surface area (Å²) in [5.74, 6) is -0.512. The summed E-state index contributed by atoms with van der Waals surface area (Å²) in [6.07, 6.45) is 3.20. The first-order valence-electron chi connectivity index (χ1n) is 7.43. The number of rotatable bonds is 6. The second kappa shape index (κ2) is 7.67. The van der Waals surface area contributed by atoms with E-state index in [1.165, 1.54) is 0 Å². The maximum Gasteiger partial charge on any atom is 0.306 e. The van der Waals surface area contributed by atoms with Crippen molar-refractivity contribution in [3.05, 3.63) is 30.3 Å². The third-order valence-electron chi connectivity index (χ3n) is 4.01. The van der Waals surface area contributed by atoms with Crippen molar-refractivity contribution in [1.29, 1.82) is 0 Å². The van der Waals surface area contributed by atoms with Crippen molar-refractivity contribution in [2.24, 2.45) is 11.8 Å². The maximum absolute atomic E-state index is 11.8. The molecule has 0 atom stereocenters. The predicted molar refractivity (Wildman–Crippen MR) is 81.0 cm³/mol. The van der Waals surface area contributed by atoms with Crippen LogP contribution in [0, 0.1) is 11.8 Å². The first-order chi connectivity index (χ1) is 10.1. The molecule has 1 aliphatic rings. The molecule has 0 spiro atoms. The summed E-state index contributed by atoms with van der Waals surface area (Å²) in [5.41, 5.74) is 0.926. The number of nitrogens with one attached hydrogen (secondary N) is 2. The fourth-order valence-corrected chi connectivity index (χ4v) is 2.67. The number of benzene rings is 1. The van der Waals surface area contributed by atoms with Gasteiger partial charge < -0.3 is 15.7 Å². The normalized spacial score (nSPS) is 21.5. The molecular weight excluding hydrogens is 268 g/mol. The van der Waals surface area contributed by atoms with Crippen molar-refractivity contribution in [3.63, 3.8) is 0 Å². The lowest BCUT2D eigenvalue weighted by molar-refractivity contribution is -0.143. The Morgan fingerprint density at radius 3 is 2.38 bits per heavy atom. The Kier molecular flexibility index (Phi) is 5.60. The van der Waals surface area contributed by atoms with Crippen LogP contribution in [-0.2, 0) is 9.59 Å². The molecule has 0 unspecified atom stereocenters. The third-order valence-corrected chi connectivity index (χ3v) is 4.01. The average Bonchev–Trinajstić information content (AvgIpc) is 2.52. The largest absolute Gasteiger partial charge is 0.481 e. The van der Waals surface area contributed by atoms with Gasteiger partial charge in [-0.3, -0.25) is 9.59 Å². The van der Waals surface area contributed by atoms with E-state index in [0.717, 1.165) is 31.4 Å². The summed E-state index contributed by atoms with van der Waals surface area (Å²) < 4.78 is 0. The molecule has 3 N–H and O–H groups in total. The fraction of sp³-hybridized carbons (Fsp3) is 0.500. The Bertz CT molecular complexity index is 468. The number of carboxylic acid groups (broad SMARTS) is 1. The number of para-hydroxylation sites is 1. The number of hydrogen-bond acceptors (Lipinski definition) is 3. The lowest BCUT2D eigenvalue weighted by Gasteiger charge is -2.26. The average molecular weight is 290 g/mol. The fourth-order valence-electron chi connectivity index (χ4n) is 2.67. The predicted octanol–water partition coefficient (Wildman–Crippen LogP) is 2.11. The van der Waals surface area contributed by atoms with Gasteiger partial charge in [0.2, 0.25) is 5.91 Å². The van der Waals surface area contributed by atoms with Crippen LogP contribution in [0.15, 0.2) is 30.3 Å². The van der Waals surface area contributed by atoms with E-state index in [2.05, 4.69) is 10.6 Å². The number of carboxylic acids is 1. The van der Waals surface area contributed by atoms with Crippen LogP contribution in [0.2, 0.25) is 0 Å². The third kappa shape index (κ3) is 5.10. The highest BCUT2D eigenvalue weighted by molar-refractivity contribution is 5.80. The van der Waals surface area contributed by atoms with E-state index in [9.17, 15) is 9.59 Å². The van der Waals surface area contributed by atoms with E-state index in [1.54, 1.807) is 0 Å². The number of amides is 1. The highest BCUT2D eigenvalue weighted by atomic mass is 16.4. The molecule has 21 heavy (non-hydrogen) atoms. The lowest BCUT2D eigenvalue weighted by atomic mass is 9.82. The van der Waals surface area contributed by atoms with Crippen LogP contribution in [0.25, 0.3) is 0 Å².